The van der Waals surface area contributed by atoms with Crippen LogP contribution in [0.3, 0.4) is 0 Å². The van der Waals surface area contributed by atoms with Gasteiger partial charge in [0.2, 0.25) is 5.69 Å². The maximum absolute atomic E-state index is 12.4. The number of hydrogen-bond donors (Lipinski definition) is 3. The minimum absolute atomic E-state index is 0. The van der Waals surface area contributed by atoms with E-state index in [2.05, 4.69) is 0 Å². The molecular weight excluding hydrogens is 1120 g/mol. The monoisotopic (exact) mass is 1190 g/mol. The second-order valence-electron chi connectivity index (χ2n) is 17.9. The molecule has 416 valence electrons. The van der Waals surface area contributed by atoms with Gasteiger partial charge in [-0.3, -0.25) is 13.9 Å². The number of carboxylic acid groups (broad SMARTS) is 1. The van der Waals surface area contributed by atoms with Gasteiger partial charge in [-0.25, -0.2) is 16.8 Å². The van der Waals surface area contributed by atoms with Crippen LogP contribution in [0, 0.1) is 0 Å². The van der Waals surface area contributed by atoms with Crippen LogP contribution >= 0.6 is 0 Å². The van der Waals surface area contributed by atoms with Crippen molar-refractivity contribution >= 4 is 63.5 Å². The van der Waals surface area contributed by atoms with E-state index < -0.39 is 73.7 Å². The number of unbranched alkanes of at least 4 members (excludes halogenated alkanes) is 2. The Kier molecular flexibility index (Phi) is 33.8. The van der Waals surface area contributed by atoms with E-state index in [1.54, 1.807) is 51.3 Å². The third-order valence-electron chi connectivity index (χ3n) is 12.5. The van der Waals surface area contributed by atoms with Crippen molar-refractivity contribution in [1.29, 1.82) is 0 Å². The van der Waals surface area contributed by atoms with Gasteiger partial charge in [0.05, 0.1) is 104 Å². The van der Waals surface area contributed by atoms with Crippen LogP contribution < -0.4 is 93.6 Å². The number of anilines is 1. The van der Waals surface area contributed by atoms with Crippen molar-refractivity contribution in [3.8, 4) is 0 Å². The van der Waals surface area contributed by atoms with Gasteiger partial charge < -0.3 is 47.5 Å². The quantitative estimate of drug-likeness (QED) is 0.0188. The van der Waals surface area contributed by atoms with E-state index in [1.807, 2.05) is 9.48 Å². The third kappa shape index (κ3) is 24.4. The molecule has 2 aromatic rings. The molecule has 2 aliphatic heterocycles. The molecule has 0 fully saturated rings. The molecule has 77 heavy (non-hydrogen) atoms. The maximum atomic E-state index is 12.4. The van der Waals surface area contributed by atoms with Crippen molar-refractivity contribution in [2.75, 3.05) is 109 Å². The molecule has 2 unspecified atom stereocenters. The topological polar surface area (TPSA) is 322 Å². The van der Waals surface area contributed by atoms with E-state index in [9.17, 15) is 61.8 Å². The van der Waals surface area contributed by atoms with E-state index in [0.29, 0.717) is 113 Å². The summed E-state index contributed by atoms with van der Waals surface area (Å²) in [6.45, 7) is 8.00. The number of carbonyl (C=O) groups is 1. The van der Waals surface area contributed by atoms with Gasteiger partial charge in [0.25, 0.3) is 20.2 Å². The number of benzene rings is 2. The predicted molar refractivity (Wildman–Crippen MR) is 270 cm³/mol. The summed E-state index contributed by atoms with van der Waals surface area (Å²) in [7, 11) is -17.0. The molecule has 2 aliphatic rings. The van der Waals surface area contributed by atoms with Crippen LogP contribution in [0.5, 0.6) is 0 Å². The SMILES string of the molecule is COCCOCCOCCOCCOCCOCCN1C(=CC=CC=CC2=[N+](CCCCCC(=O)O)c3ccc(S(=O)(=O)[O-])cc3C2(C)CCCS(=O)(=O)[O-])C(C)(CCCS(=O)(=O)O)c2cc(S(=O)(=O)O)ccc21.[Na+].[Na+].[Na+]. The fraction of sp³-hybridized carbons (Fsp3) is 0.583. The Balaban J connectivity index is 0.00000988. The Bertz CT molecular complexity index is 2800. The second-order valence-corrected chi connectivity index (χ2v) is 23.8. The zero-order chi connectivity index (χ0) is 54.6. The molecule has 0 spiro atoms. The van der Waals surface area contributed by atoms with Gasteiger partial charge in [0.15, 0.2) is 5.71 Å². The summed E-state index contributed by atoms with van der Waals surface area (Å²) in [5.74, 6) is -2.24. The van der Waals surface area contributed by atoms with Crippen LogP contribution in [0.25, 0.3) is 0 Å². The molecule has 29 heteroatoms. The summed E-state index contributed by atoms with van der Waals surface area (Å²) in [5.41, 5.74) is 0.887. The fourth-order valence-electron chi connectivity index (χ4n) is 8.96. The second kappa shape index (κ2) is 35.2. The number of rotatable bonds is 37. The van der Waals surface area contributed by atoms with E-state index in [-0.39, 0.29) is 152 Å². The summed E-state index contributed by atoms with van der Waals surface area (Å²) in [5, 5.41) is 9.18. The van der Waals surface area contributed by atoms with Crippen LogP contribution in [-0.4, -0.2) is 178 Å². The van der Waals surface area contributed by atoms with Crippen LogP contribution in [0.4, 0.5) is 11.4 Å². The average molecular weight is 1190 g/mol. The van der Waals surface area contributed by atoms with Crippen LogP contribution in [0.15, 0.2) is 82.3 Å². The molecular formula is C48H69N2Na3O20S4+2. The standard InChI is InChI=1S/C48H70N2O20S4.3Na/c1-47(19-10-34-71(53,54)55)40-36-38(73(59,60)61)15-17-42(40)49(21-9-5-8-14-46(51)52)44(47)12-6-4-7-13-45-48(2,20-11-35-72(56,57)58)41-37-39(74(62,63)64)16-18-43(41)50(45)22-23-66-26-27-68-30-31-70-33-32-69-29-28-67-25-24-65-3;;;/h4,6-7,12-13,15-18,36-37H,5,8-11,14,19-35H2,1-3H3,(H4-,51,52,53,54,55,56,57,58,59,60,61,62,63,64);;;/q;3*+1/p-1. The van der Waals surface area contributed by atoms with Gasteiger partial charge in [0, 0.05) is 66.8 Å². The van der Waals surface area contributed by atoms with Gasteiger partial charge in [-0.15, -0.1) is 0 Å². The Labute approximate surface area is 520 Å². The predicted octanol–water partition coefficient (Wildman–Crippen LogP) is -4.65. The van der Waals surface area contributed by atoms with E-state index in [0.717, 1.165) is 0 Å². The van der Waals surface area contributed by atoms with Crippen LogP contribution in [-0.2, 0) is 84.5 Å². The smallest absolute Gasteiger partial charge is 0.748 e. The number of allylic oxidation sites excluding steroid dienone is 6. The fourth-order valence-corrected chi connectivity index (χ4v) is 11.0. The van der Waals surface area contributed by atoms with Crippen molar-refractivity contribution in [3.63, 3.8) is 0 Å². The molecule has 0 amide bonds. The summed E-state index contributed by atoms with van der Waals surface area (Å²) in [4.78, 5) is 12.2. The van der Waals surface area contributed by atoms with E-state index >= 15 is 0 Å². The van der Waals surface area contributed by atoms with Crippen molar-refractivity contribution in [2.45, 2.75) is 85.8 Å². The first-order valence-corrected chi connectivity index (χ1v) is 30.0. The summed E-state index contributed by atoms with van der Waals surface area (Å²) in [6, 6.07) is 8.02. The largest absolute Gasteiger partial charge is 1.00 e. The molecule has 4 rings (SSSR count). The van der Waals surface area contributed by atoms with Crippen molar-refractivity contribution in [2.24, 2.45) is 0 Å². The van der Waals surface area contributed by atoms with Crippen molar-refractivity contribution in [1.82, 2.24) is 0 Å². The van der Waals surface area contributed by atoms with Gasteiger partial charge in [-0.05, 0) is 94.3 Å². The molecule has 2 heterocycles. The number of ether oxygens (including phenoxy) is 6. The Hall–Kier alpha value is -1.00. The van der Waals surface area contributed by atoms with Crippen LogP contribution in [0.1, 0.15) is 76.3 Å². The number of nitrogens with zero attached hydrogens (tertiary/aromatic N) is 2. The maximum Gasteiger partial charge on any atom is 1.00 e. The number of carboxylic acids is 1. The molecule has 0 bridgehead atoms. The van der Waals surface area contributed by atoms with Gasteiger partial charge in [0.1, 0.15) is 16.7 Å². The molecule has 0 aliphatic carbocycles. The first-order chi connectivity index (χ1) is 34.8. The minimum Gasteiger partial charge on any atom is -0.748 e. The average Bonchev–Trinajstić information content (AvgIpc) is 3.67. The first kappa shape index (κ1) is 74.0. The van der Waals surface area contributed by atoms with Crippen molar-refractivity contribution < 1.29 is 183 Å². The first-order valence-electron chi connectivity index (χ1n) is 24.0. The Morgan fingerprint density at radius 2 is 1.18 bits per heavy atom. The Morgan fingerprint density at radius 3 is 1.71 bits per heavy atom. The normalized spacial score (nSPS) is 18.2. The number of aliphatic carboxylic acids is 1. The van der Waals surface area contributed by atoms with E-state index in [4.69, 9.17) is 28.4 Å². The number of methoxy groups -OCH3 is 1. The zero-order valence-corrected chi connectivity index (χ0v) is 54.2. The molecule has 2 atom stereocenters. The summed E-state index contributed by atoms with van der Waals surface area (Å²) < 4.78 is 175. The van der Waals surface area contributed by atoms with Gasteiger partial charge >= 0.3 is 94.6 Å². The molecule has 0 radical (unpaired) electrons. The number of hydrogen-bond acceptors (Lipinski definition) is 18. The summed E-state index contributed by atoms with van der Waals surface area (Å²) >= 11 is 0. The van der Waals surface area contributed by atoms with E-state index in [1.165, 1.54) is 36.4 Å². The molecule has 0 aromatic heterocycles. The molecule has 0 saturated carbocycles. The molecule has 2 aromatic carbocycles. The molecule has 3 N–H and O–H groups in total. The van der Waals surface area contributed by atoms with Gasteiger partial charge in [-0.2, -0.15) is 21.4 Å². The third-order valence-corrected chi connectivity index (χ3v) is 15.8. The molecule has 22 nitrogen and oxygen atoms in total. The van der Waals surface area contributed by atoms with Crippen molar-refractivity contribution in [3.05, 3.63) is 83.6 Å². The summed E-state index contributed by atoms with van der Waals surface area (Å²) in [6.07, 6.45) is 9.86. The zero-order valence-electron chi connectivity index (χ0n) is 44.9. The van der Waals surface area contributed by atoms with Gasteiger partial charge in [-0.1, -0.05) is 18.2 Å². The van der Waals surface area contributed by atoms with Crippen LogP contribution in [0.2, 0.25) is 0 Å². The Morgan fingerprint density at radius 1 is 0.649 bits per heavy atom. The number of fused-ring (bicyclic) bond motifs is 2. The molecule has 0 saturated heterocycles. The minimum atomic E-state index is -4.92.